The normalized spacial score (nSPS) is 37.7. The Labute approximate surface area is 139 Å². The maximum atomic E-state index is 8.77. The summed E-state index contributed by atoms with van der Waals surface area (Å²) < 4.78 is 6.27. The molecule has 0 aliphatic heterocycles. The van der Waals surface area contributed by atoms with Crippen LogP contribution in [0, 0.1) is 35.0 Å². The van der Waals surface area contributed by atoms with Gasteiger partial charge in [-0.1, -0.05) is 30.3 Å². The highest BCUT2D eigenvalue weighted by Gasteiger charge is 2.55. The predicted molar refractivity (Wildman–Crippen MR) is 90.7 cm³/mol. The minimum atomic E-state index is 0.136. The smallest absolute Gasteiger partial charge is 0.0691 e. The molecule has 0 spiro atoms. The minimum absolute atomic E-state index is 0.136. The van der Waals surface area contributed by atoms with Crippen LogP contribution in [0.2, 0.25) is 0 Å². The number of nitrogens with zero attached hydrogens (tertiary/aromatic N) is 1. The first-order valence-corrected chi connectivity index (χ1v) is 9.33. The second-order valence-corrected chi connectivity index (χ2v) is 8.10. The average Bonchev–Trinajstić information content (AvgIpc) is 2.55. The summed E-state index contributed by atoms with van der Waals surface area (Å²) in [5.41, 5.74) is 1.62. The standard InChI is InChI=1S/C21H27NO/c22-9-4-10-23-21-13-17-11-18(14-21)20(19(12-17)15-21)8-7-16-5-2-1-3-6-16/h1-3,5-6,17-20H,4,7-8,10-15H2. The van der Waals surface area contributed by atoms with Crippen molar-refractivity contribution in [2.75, 3.05) is 6.61 Å². The van der Waals surface area contributed by atoms with Crippen LogP contribution < -0.4 is 0 Å². The van der Waals surface area contributed by atoms with Crippen LogP contribution in [0.1, 0.15) is 50.5 Å². The van der Waals surface area contributed by atoms with E-state index in [4.69, 9.17) is 10.00 Å². The Kier molecular flexibility index (Phi) is 4.16. The van der Waals surface area contributed by atoms with Gasteiger partial charge in [0.2, 0.25) is 0 Å². The lowest BCUT2D eigenvalue weighted by Crippen LogP contribution is -2.56. The van der Waals surface area contributed by atoms with Crippen LogP contribution in [0.3, 0.4) is 0 Å². The lowest BCUT2D eigenvalue weighted by molar-refractivity contribution is -0.182. The molecule has 2 nitrogen and oxygen atoms in total. The van der Waals surface area contributed by atoms with Crippen molar-refractivity contribution in [1.82, 2.24) is 0 Å². The Morgan fingerprint density at radius 3 is 2.52 bits per heavy atom. The van der Waals surface area contributed by atoms with Crippen LogP contribution in [-0.2, 0) is 11.2 Å². The van der Waals surface area contributed by atoms with Crippen molar-refractivity contribution < 1.29 is 4.74 Å². The third-order valence-electron chi connectivity index (χ3n) is 6.64. The first-order valence-electron chi connectivity index (χ1n) is 9.33. The molecule has 4 aliphatic carbocycles. The van der Waals surface area contributed by atoms with E-state index < -0.39 is 0 Å². The van der Waals surface area contributed by atoms with Gasteiger partial charge in [-0.05, 0) is 74.2 Å². The van der Waals surface area contributed by atoms with E-state index >= 15 is 0 Å². The van der Waals surface area contributed by atoms with E-state index in [2.05, 4.69) is 36.4 Å². The van der Waals surface area contributed by atoms with E-state index in [1.807, 2.05) is 0 Å². The van der Waals surface area contributed by atoms with E-state index in [0.29, 0.717) is 13.0 Å². The Morgan fingerprint density at radius 2 is 1.83 bits per heavy atom. The van der Waals surface area contributed by atoms with Gasteiger partial charge >= 0.3 is 0 Å². The quantitative estimate of drug-likeness (QED) is 0.711. The first-order chi connectivity index (χ1) is 11.3. The molecular formula is C21H27NO. The van der Waals surface area contributed by atoms with Gasteiger partial charge in [-0.2, -0.15) is 5.26 Å². The van der Waals surface area contributed by atoms with Crippen molar-refractivity contribution in [3.8, 4) is 6.07 Å². The highest BCUT2D eigenvalue weighted by Crippen LogP contribution is 2.60. The molecule has 0 heterocycles. The first kappa shape index (κ1) is 15.2. The molecule has 0 aromatic heterocycles. The number of hydrogen-bond acceptors (Lipinski definition) is 2. The zero-order valence-electron chi connectivity index (χ0n) is 13.9. The molecule has 4 saturated carbocycles. The van der Waals surface area contributed by atoms with Crippen molar-refractivity contribution in [2.24, 2.45) is 23.7 Å². The summed E-state index contributed by atoms with van der Waals surface area (Å²) in [6, 6.07) is 13.2. The summed E-state index contributed by atoms with van der Waals surface area (Å²) in [7, 11) is 0. The lowest BCUT2D eigenvalue weighted by atomic mass is 9.49. The van der Waals surface area contributed by atoms with Crippen LogP contribution in [0.15, 0.2) is 30.3 Å². The molecule has 1 aromatic rings. The summed E-state index contributed by atoms with van der Waals surface area (Å²) in [6.07, 6.45) is 9.75. The molecule has 5 rings (SSSR count). The maximum Gasteiger partial charge on any atom is 0.0691 e. The Hall–Kier alpha value is -1.33. The average molecular weight is 309 g/mol. The van der Waals surface area contributed by atoms with Gasteiger partial charge in [0, 0.05) is 0 Å². The van der Waals surface area contributed by atoms with E-state index in [1.54, 1.807) is 0 Å². The Balaban J connectivity index is 1.40. The molecule has 4 aliphatic rings. The molecule has 0 amide bonds. The van der Waals surface area contributed by atoms with Crippen molar-refractivity contribution in [3.63, 3.8) is 0 Å². The van der Waals surface area contributed by atoms with E-state index in [9.17, 15) is 0 Å². The summed E-state index contributed by atoms with van der Waals surface area (Å²) in [4.78, 5) is 0. The summed E-state index contributed by atoms with van der Waals surface area (Å²) in [6.45, 7) is 0.636. The van der Waals surface area contributed by atoms with Gasteiger partial charge in [-0.3, -0.25) is 0 Å². The van der Waals surface area contributed by atoms with Crippen LogP contribution in [0.25, 0.3) is 0 Å². The molecule has 4 fully saturated rings. The van der Waals surface area contributed by atoms with Crippen LogP contribution in [-0.4, -0.2) is 12.2 Å². The Bertz CT molecular complexity index is 559. The molecule has 2 heteroatoms. The van der Waals surface area contributed by atoms with Gasteiger partial charge < -0.3 is 4.74 Å². The fourth-order valence-electron chi connectivity index (χ4n) is 5.99. The number of nitriles is 1. The predicted octanol–water partition coefficient (Wildman–Crippen LogP) is 4.74. The number of ether oxygens (including phenoxy) is 1. The van der Waals surface area contributed by atoms with Crippen LogP contribution in [0.4, 0.5) is 0 Å². The molecule has 2 unspecified atom stereocenters. The lowest BCUT2D eigenvalue weighted by Gasteiger charge is -2.60. The summed E-state index contributed by atoms with van der Waals surface area (Å²) >= 11 is 0. The summed E-state index contributed by atoms with van der Waals surface area (Å²) in [5, 5.41) is 8.77. The third kappa shape index (κ3) is 3.04. The second-order valence-electron chi connectivity index (χ2n) is 8.10. The van der Waals surface area contributed by atoms with Crippen LogP contribution in [0.5, 0.6) is 0 Å². The highest BCUT2D eigenvalue weighted by molar-refractivity contribution is 5.15. The molecule has 0 radical (unpaired) electrons. The molecular weight excluding hydrogens is 282 g/mol. The second kappa shape index (κ2) is 6.29. The van der Waals surface area contributed by atoms with E-state index in [1.165, 1.54) is 50.5 Å². The zero-order valence-corrected chi connectivity index (χ0v) is 13.9. The maximum absolute atomic E-state index is 8.77. The van der Waals surface area contributed by atoms with Gasteiger partial charge in [0.15, 0.2) is 0 Å². The van der Waals surface area contributed by atoms with Crippen molar-refractivity contribution in [3.05, 3.63) is 35.9 Å². The fourth-order valence-corrected chi connectivity index (χ4v) is 5.99. The van der Waals surface area contributed by atoms with Crippen molar-refractivity contribution in [1.29, 1.82) is 5.26 Å². The largest absolute Gasteiger partial charge is 0.374 e. The van der Waals surface area contributed by atoms with Gasteiger partial charge in [0.1, 0.15) is 0 Å². The van der Waals surface area contributed by atoms with Crippen LogP contribution >= 0.6 is 0 Å². The molecule has 23 heavy (non-hydrogen) atoms. The van der Waals surface area contributed by atoms with Gasteiger partial charge in [0.05, 0.1) is 24.7 Å². The molecule has 0 saturated heterocycles. The highest BCUT2D eigenvalue weighted by atomic mass is 16.5. The van der Waals surface area contributed by atoms with E-state index in [-0.39, 0.29) is 5.60 Å². The van der Waals surface area contributed by atoms with Gasteiger partial charge in [0.25, 0.3) is 0 Å². The van der Waals surface area contributed by atoms with Gasteiger partial charge in [-0.25, -0.2) is 0 Å². The molecule has 4 bridgehead atoms. The molecule has 0 N–H and O–H groups in total. The minimum Gasteiger partial charge on any atom is -0.374 e. The van der Waals surface area contributed by atoms with Crippen molar-refractivity contribution in [2.45, 2.75) is 57.0 Å². The zero-order chi connectivity index (χ0) is 15.7. The molecule has 2 atom stereocenters. The monoisotopic (exact) mass is 309 g/mol. The topological polar surface area (TPSA) is 33.0 Å². The van der Waals surface area contributed by atoms with E-state index in [0.717, 1.165) is 23.7 Å². The van der Waals surface area contributed by atoms with Gasteiger partial charge in [-0.15, -0.1) is 0 Å². The molecule has 122 valence electrons. The van der Waals surface area contributed by atoms with Crippen molar-refractivity contribution >= 4 is 0 Å². The molecule has 1 aromatic carbocycles. The number of aryl methyl sites for hydroxylation is 1. The SMILES string of the molecule is N#CCCOC12CC3CC(C1)C(CCc1ccccc1)C(C3)C2. The third-order valence-corrected chi connectivity index (χ3v) is 6.64. The number of rotatable bonds is 6. The number of benzene rings is 1. The Morgan fingerprint density at radius 1 is 1.09 bits per heavy atom. The number of hydrogen-bond donors (Lipinski definition) is 0. The fraction of sp³-hybridized carbons (Fsp3) is 0.667. The summed E-state index contributed by atoms with van der Waals surface area (Å²) in [5.74, 6) is 3.53.